The van der Waals surface area contributed by atoms with Crippen molar-refractivity contribution in [3.05, 3.63) is 0 Å². The van der Waals surface area contributed by atoms with E-state index in [0.717, 1.165) is 0 Å². The van der Waals surface area contributed by atoms with E-state index in [1.807, 2.05) is 13.8 Å². The van der Waals surface area contributed by atoms with Gasteiger partial charge in [0.05, 0.1) is 0 Å². The van der Waals surface area contributed by atoms with E-state index in [0.29, 0.717) is 0 Å². The van der Waals surface area contributed by atoms with Gasteiger partial charge in [0, 0.05) is 27.2 Å². The first-order valence-corrected chi connectivity index (χ1v) is 4.14. The highest BCUT2D eigenvalue weighted by Gasteiger charge is 2.45. The van der Waals surface area contributed by atoms with Crippen LogP contribution in [0, 0.1) is 0 Å². The van der Waals surface area contributed by atoms with Gasteiger partial charge in [0.1, 0.15) is 0 Å². The summed E-state index contributed by atoms with van der Waals surface area (Å²) in [5.41, 5.74) is 0. The molecule has 0 atom stereocenters. The lowest BCUT2D eigenvalue weighted by Crippen LogP contribution is -2.49. The molecular weight excluding hydrogens is 164 g/mol. The zero-order chi connectivity index (χ0) is 9.78. The fourth-order valence-electron chi connectivity index (χ4n) is 1.05. The first kappa shape index (κ1) is 11.3. The molecule has 1 saturated carbocycles. The van der Waals surface area contributed by atoms with Crippen LogP contribution < -0.4 is 5.32 Å². The standard InChI is InChI=1S/C6H9F2NO.C2H6.H2/c1-4(10)9-5-2-6(7,8)3-5;1-2;/h5H,2-3H2,1H3,(H,9,10);1-2H3;1H. The maximum atomic E-state index is 12.1. The third kappa shape index (κ3) is 3.64. The molecule has 0 aromatic heterocycles. The maximum Gasteiger partial charge on any atom is 0.252 e. The van der Waals surface area contributed by atoms with Crippen LogP contribution in [0.25, 0.3) is 0 Å². The van der Waals surface area contributed by atoms with Gasteiger partial charge in [-0.3, -0.25) is 4.79 Å². The number of hydrogen-bond donors (Lipinski definition) is 1. The molecular formula is C8H17F2NO. The van der Waals surface area contributed by atoms with E-state index in [1.54, 1.807) is 0 Å². The third-order valence-corrected chi connectivity index (χ3v) is 1.50. The van der Waals surface area contributed by atoms with Crippen LogP contribution in [0.5, 0.6) is 0 Å². The van der Waals surface area contributed by atoms with Gasteiger partial charge < -0.3 is 5.32 Å². The highest BCUT2D eigenvalue weighted by molar-refractivity contribution is 5.73. The minimum absolute atomic E-state index is 0. The summed E-state index contributed by atoms with van der Waals surface area (Å²) in [6.45, 7) is 5.33. The zero-order valence-corrected chi connectivity index (χ0v) is 7.66. The van der Waals surface area contributed by atoms with Crippen molar-refractivity contribution in [3.8, 4) is 0 Å². The second-order valence-electron chi connectivity index (χ2n) is 2.66. The van der Waals surface area contributed by atoms with Crippen LogP contribution in [0.1, 0.15) is 35.0 Å². The van der Waals surface area contributed by atoms with Gasteiger partial charge in [-0.05, 0) is 0 Å². The lowest BCUT2D eigenvalue weighted by molar-refractivity contribution is -0.127. The SMILES string of the molecule is CC.CC(=O)NC1CC(F)(F)C1.[HH]. The van der Waals surface area contributed by atoms with Gasteiger partial charge in [-0.1, -0.05) is 13.8 Å². The summed E-state index contributed by atoms with van der Waals surface area (Å²) in [4.78, 5) is 10.3. The first-order chi connectivity index (χ1) is 5.49. The summed E-state index contributed by atoms with van der Waals surface area (Å²) >= 11 is 0. The normalized spacial score (nSPS) is 20.1. The smallest absolute Gasteiger partial charge is 0.252 e. The van der Waals surface area contributed by atoms with Crippen LogP contribution in [-0.4, -0.2) is 17.9 Å². The molecule has 2 nitrogen and oxygen atoms in total. The molecule has 1 rings (SSSR count). The van der Waals surface area contributed by atoms with Gasteiger partial charge in [-0.15, -0.1) is 0 Å². The Labute approximate surface area is 72.8 Å². The number of alkyl halides is 2. The molecule has 1 aliphatic rings. The highest BCUT2D eigenvalue weighted by atomic mass is 19.3. The molecule has 1 fully saturated rings. The van der Waals surface area contributed by atoms with Gasteiger partial charge in [-0.25, -0.2) is 8.78 Å². The van der Waals surface area contributed by atoms with Crippen LogP contribution in [0.15, 0.2) is 0 Å². The predicted molar refractivity (Wildman–Crippen MR) is 45.2 cm³/mol. The van der Waals surface area contributed by atoms with E-state index in [1.165, 1.54) is 6.92 Å². The molecule has 0 heterocycles. The lowest BCUT2D eigenvalue weighted by atomic mass is 9.88. The highest BCUT2D eigenvalue weighted by Crippen LogP contribution is 2.37. The van der Waals surface area contributed by atoms with Gasteiger partial charge in [0.25, 0.3) is 5.92 Å². The molecule has 1 aliphatic carbocycles. The first-order valence-electron chi connectivity index (χ1n) is 4.14. The topological polar surface area (TPSA) is 29.1 Å². The van der Waals surface area contributed by atoms with Crippen molar-refractivity contribution < 1.29 is 15.0 Å². The Morgan fingerprint density at radius 2 is 1.92 bits per heavy atom. The molecule has 1 amide bonds. The fraction of sp³-hybridized carbons (Fsp3) is 0.875. The van der Waals surface area contributed by atoms with Gasteiger partial charge >= 0.3 is 0 Å². The van der Waals surface area contributed by atoms with E-state index in [4.69, 9.17) is 0 Å². The predicted octanol–water partition coefficient (Wildman–Crippen LogP) is 2.19. The molecule has 0 aliphatic heterocycles. The Morgan fingerprint density at radius 3 is 2.17 bits per heavy atom. The lowest BCUT2D eigenvalue weighted by Gasteiger charge is -2.34. The van der Waals surface area contributed by atoms with Crippen molar-refractivity contribution in [2.24, 2.45) is 0 Å². The molecule has 0 aromatic rings. The molecule has 0 radical (unpaired) electrons. The van der Waals surface area contributed by atoms with Crippen LogP contribution in [0.2, 0.25) is 0 Å². The monoisotopic (exact) mass is 181 g/mol. The molecule has 0 unspecified atom stereocenters. The van der Waals surface area contributed by atoms with Crippen molar-refractivity contribution in [3.63, 3.8) is 0 Å². The molecule has 12 heavy (non-hydrogen) atoms. The minimum Gasteiger partial charge on any atom is -0.353 e. The second-order valence-corrected chi connectivity index (χ2v) is 2.66. The van der Waals surface area contributed by atoms with Crippen LogP contribution in [0.3, 0.4) is 0 Å². The summed E-state index contributed by atoms with van der Waals surface area (Å²) in [6, 6.07) is -0.299. The summed E-state index contributed by atoms with van der Waals surface area (Å²) < 4.78 is 24.2. The molecule has 1 N–H and O–H groups in total. The number of carbonyl (C=O) groups excluding carboxylic acids is 1. The van der Waals surface area contributed by atoms with Crippen molar-refractivity contribution in [2.45, 2.75) is 45.6 Å². The average Bonchev–Trinajstić information content (AvgIpc) is 1.87. The van der Waals surface area contributed by atoms with E-state index in [-0.39, 0.29) is 26.2 Å². The number of amides is 1. The van der Waals surface area contributed by atoms with Crippen LogP contribution >= 0.6 is 0 Å². The number of nitrogens with one attached hydrogen (secondary N) is 1. The molecule has 4 heteroatoms. The Bertz CT molecular complexity index is 156. The van der Waals surface area contributed by atoms with E-state index < -0.39 is 5.92 Å². The van der Waals surface area contributed by atoms with Crippen molar-refractivity contribution in [1.29, 1.82) is 0 Å². The van der Waals surface area contributed by atoms with Crippen LogP contribution in [0.4, 0.5) is 8.78 Å². The van der Waals surface area contributed by atoms with E-state index in [9.17, 15) is 13.6 Å². The van der Waals surface area contributed by atoms with Crippen molar-refractivity contribution >= 4 is 5.91 Å². The Kier molecular flexibility index (Phi) is 4.13. The Morgan fingerprint density at radius 1 is 1.50 bits per heavy atom. The summed E-state index contributed by atoms with van der Waals surface area (Å²) in [5, 5.41) is 2.42. The zero-order valence-electron chi connectivity index (χ0n) is 7.66. The molecule has 0 aromatic carbocycles. The van der Waals surface area contributed by atoms with Crippen LogP contribution in [-0.2, 0) is 4.79 Å². The second kappa shape index (κ2) is 4.38. The summed E-state index contributed by atoms with van der Waals surface area (Å²) in [6.07, 6.45) is -0.404. The number of halogens is 2. The Hall–Kier alpha value is -0.670. The summed E-state index contributed by atoms with van der Waals surface area (Å²) in [5.74, 6) is -2.77. The van der Waals surface area contributed by atoms with Gasteiger partial charge in [0.2, 0.25) is 5.91 Å². The quantitative estimate of drug-likeness (QED) is 0.660. The maximum absolute atomic E-state index is 12.1. The van der Waals surface area contributed by atoms with Gasteiger partial charge in [0.15, 0.2) is 0 Å². The third-order valence-electron chi connectivity index (χ3n) is 1.50. The number of rotatable bonds is 1. The fourth-order valence-corrected chi connectivity index (χ4v) is 1.05. The van der Waals surface area contributed by atoms with Crippen molar-refractivity contribution in [2.75, 3.05) is 0 Å². The molecule has 74 valence electrons. The molecule has 0 spiro atoms. The average molecular weight is 181 g/mol. The largest absolute Gasteiger partial charge is 0.353 e. The number of carbonyl (C=O) groups is 1. The molecule has 0 bridgehead atoms. The van der Waals surface area contributed by atoms with E-state index >= 15 is 0 Å². The van der Waals surface area contributed by atoms with E-state index in [2.05, 4.69) is 5.32 Å². The van der Waals surface area contributed by atoms with Crippen molar-refractivity contribution in [1.82, 2.24) is 5.32 Å². The Balaban J connectivity index is 0. The van der Waals surface area contributed by atoms with Gasteiger partial charge in [-0.2, -0.15) is 0 Å². The number of hydrogen-bond acceptors (Lipinski definition) is 1. The molecule has 0 saturated heterocycles. The minimum atomic E-state index is -2.53. The summed E-state index contributed by atoms with van der Waals surface area (Å²) in [7, 11) is 0.